The lowest BCUT2D eigenvalue weighted by atomic mass is 10.0. The number of aryl methyl sites for hydroxylation is 1. The summed E-state index contributed by atoms with van der Waals surface area (Å²) in [7, 11) is 0. The summed E-state index contributed by atoms with van der Waals surface area (Å²) in [6.45, 7) is 1.57. The van der Waals surface area contributed by atoms with Crippen LogP contribution in [0.2, 0.25) is 0 Å². The van der Waals surface area contributed by atoms with E-state index in [-0.39, 0.29) is 0 Å². The van der Waals surface area contributed by atoms with E-state index in [9.17, 15) is 19.5 Å². The molecule has 2 aromatic rings. The van der Waals surface area contributed by atoms with E-state index in [4.69, 9.17) is 4.74 Å². The summed E-state index contributed by atoms with van der Waals surface area (Å²) in [5.41, 5.74) is -0.350. The average molecular weight is 328 g/mol. The Morgan fingerprint density at radius 1 is 1.25 bits per heavy atom. The quantitative estimate of drug-likeness (QED) is 0.630. The number of aromatic amines is 1. The molecule has 7 heteroatoms. The summed E-state index contributed by atoms with van der Waals surface area (Å²) < 4.78 is 6.79. The van der Waals surface area contributed by atoms with Crippen LogP contribution in [0.5, 0.6) is 0 Å². The highest BCUT2D eigenvalue weighted by Gasteiger charge is 2.32. The average Bonchev–Trinajstić information content (AvgIpc) is 3.07. The molecule has 0 fully saturated rings. The maximum absolute atomic E-state index is 12.3. The molecular weight excluding hydrogens is 312 g/mol. The Morgan fingerprint density at radius 3 is 2.67 bits per heavy atom. The van der Waals surface area contributed by atoms with Crippen LogP contribution in [0, 0.1) is 6.92 Å². The molecule has 2 N–H and O–H groups in total. The zero-order valence-corrected chi connectivity index (χ0v) is 12.9. The monoisotopic (exact) mass is 328 g/mol. The van der Waals surface area contributed by atoms with E-state index in [1.54, 1.807) is 43.3 Å². The van der Waals surface area contributed by atoms with E-state index in [1.807, 2.05) is 0 Å². The van der Waals surface area contributed by atoms with Crippen molar-refractivity contribution >= 4 is 5.78 Å². The summed E-state index contributed by atoms with van der Waals surface area (Å²) in [5.74, 6) is -0.462. The van der Waals surface area contributed by atoms with Gasteiger partial charge in [-0.15, -0.1) is 0 Å². The molecular formula is C17H16N2O5. The molecule has 7 nitrogen and oxygen atoms in total. The van der Waals surface area contributed by atoms with E-state index in [0.717, 1.165) is 0 Å². The largest absolute Gasteiger partial charge is 0.382 e. The smallest absolute Gasteiger partial charge is 0.330 e. The molecule has 24 heavy (non-hydrogen) atoms. The predicted octanol–water partition coefficient (Wildman–Crippen LogP) is 0.542. The number of ketones is 1. The third-order valence-corrected chi connectivity index (χ3v) is 3.82. The van der Waals surface area contributed by atoms with Gasteiger partial charge in [0.2, 0.25) is 0 Å². The van der Waals surface area contributed by atoms with Crippen LogP contribution in [0.25, 0.3) is 0 Å². The van der Waals surface area contributed by atoms with Gasteiger partial charge in [-0.25, -0.2) is 4.79 Å². The van der Waals surface area contributed by atoms with Crippen LogP contribution < -0.4 is 11.2 Å². The summed E-state index contributed by atoms with van der Waals surface area (Å²) in [6, 6.07) is 8.40. The Kier molecular flexibility index (Phi) is 4.28. The summed E-state index contributed by atoms with van der Waals surface area (Å²) in [6.07, 6.45) is 1.42. The molecule has 3 rings (SSSR count). The van der Waals surface area contributed by atoms with Gasteiger partial charge < -0.3 is 9.84 Å². The minimum absolute atomic E-state index is 0.357. The first-order valence-corrected chi connectivity index (χ1v) is 7.40. The van der Waals surface area contributed by atoms with Crippen LogP contribution in [-0.4, -0.2) is 32.6 Å². The SMILES string of the molecule is Cc1cn([C@H]2C=C[C@@H](C(O)C(=O)c3ccccc3)O2)c(=O)[nH]c1=O. The van der Waals surface area contributed by atoms with Crippen molar-refractivity contribution in [1.29, 1.82) is 0 Å². The lowest BCUT2D eigenvalue weighted by Gasteiger charge is -2.19. The van der Waals surface area contributed by atoms with Gasteiger partial charge in [0.1, 0.15) is 12.2 Å². The minimum atomic E-state index is -1.38. The standard InChI is InChI=1S/C17H16N2O5/c1-10-9-19(17(23)18-16(10)22)13-8-7-12(24-13)15(21)14(20)11-5-3-2-4-6-11/h2-9,12-13,15,21H,1H3,(H,18,22,23)/t12-,13+,15?/m0/s1. The van der Waals surface area contributed by atoms with Gasteiger partial charge in [-0.1, -0.05) is 36.4 Å². The van der Waals surface area contributed by atoms with Crippen LogP contribution in [0.3, 0.4) is 0 Å². The molecule has 1 aromatic heterocycles. The maximum Gasteiger partial charge on any atom is 0.330 e. The van der Waals surface area contributed by atoms with Crippen molar-refractivity contribution in [3.8, 4) is 0 Å². The number of nitrogens with zero attached hydrogens (tertiary/aromatic N) is 1. The van der Waals surface area contributed by atoms with E-state index < -0.39 is 35.5 Å². The van der Waals surface area contributed by atoms with Gasteiger partial charge in [-0.05, 0) is 13.0 Å². The van der Waals surface area contributed by atoms with Crippen molar-refractivity contribution in [3.63, 3.8) is 0 Å². The van der Waals surface area contributed by atoms with Crippen molar-refractivity contribution in [2.24, 2.45) is 0 Å². The molecule has 1 aromatic carbocycles. The third-order valence-electron chi connectivity index (χ3n) is 3.82. The number of nitrogens with one attached hydrogen (secondary N) is 1. The number of carbonyl (C=O) groups excluding carboxylic acids is 1. The number of hydrogen-bond acceptors (Lipinski definition) is 5. The first-order valence-electron chi connectivity index (χ1n) is 7.40. The number of carbonyl (C=O) groups is 1. The van der Waals surface area contributed by atoms with Gasteiger partial charge in [0.25, 0.3) is 5.56 Å². The normalized spacial score (nSPS) is 20.9. The van der Waals surface area contributed by atoms with E-state index in [2.05, 4.69) is 4.98 Å². The van der Waals surface area contributed by atoms with Gasteiger partial charge in [0.05, 0.1) is 0 Å². The fourth-order valence-corrected chi connectivity index (χ4v) is 2.49. The summed E-state index contributed by atoms with van der Waals surface area (Å²) in [5, 5.41) is 10.2. The fraction of sp³-hybridized carbons (Fsp3) is 0.235. The highest BCUT2D eigenvalue weighted by Crippen LogP contribution is 2.23. The number of H-pyrrole nitrogens is 1. The fourth-order valence-electron chi connectivity index (χ4n) is 2.49. The Morgan fingerprint density at radius 2 is 1.96 bits per heavy atom. The van der Waals surface area contributed by atoms with Crippen LogP contribution in [0.15, 0.2) is 58.3 Å². The first kappa shape index (κ1) is 16.1. The molecule has 1 unspecified atom stereocenters. The van der Waals surface area contributed by atoms with Gasteiger partial charge in [0, 0.05) is 17.3 Å². The molecule has 3 atom stereocenters. The molecule has 1 aliphatic rings. The molecule has 124 valence electrons. The number of aliphatic hydroxyl groups excluding tert-OH is 1. The Labute approximate surface area is 136 Å². The maximum atomic E-state index is 12.3. The second-order valence-electron chi connectivity index (χ2n) is 5.53. The molecule has 0 radical (unpaired) electrons. The van der Waals surface area contributed by atoms with Crippen LogP contribution >= 0.6 is 0 Å². The molecule has 2 heterocycles. The number of ether oxygens (including phenoxy) is 1. The number of benzene rings is 1. The van der Waals surface area contributed by atoms with Gasteiger partial charge in [-0.3, -0.25) is 19.1 Å². The van der Waals surface area contributed by atoms with Crippen molar-refractivity contribution in [2.45, 2.75) is 25.4 Å². The zero-order chi connectivity index (χ0) is 17.3. The van der Waals surface area contributed by atoms with Crippen molar-refractivity contribution in [3.05, 3.63) is 80.6 Å². The van der Waals surface area contributed by atoms with Crippen LogP contribution in [-0.2, 0) is 4.74 Å². The van der Waals surface area contributed by atoms with E-state index >= 15 is 0 Å². The molecule has 0 saturated carbocycles. The number of Topliss-reactive ketones (excluding diaryl/α,β-unsaturated/α-hetero) is 1. The van der Waals surface area contributed by atoms with E-state index in [0.29, 0.717) is 11.1 Å². The number of hydrogen-bond donors (Lipinski definition) is 2. The van der Waals surface area contributed by atoms with Gasteiger partial charge in [0.15, 0.2) is 12.0 Å². The molecule has 0 bridgehead atoms. The molecule has 0 spiro atoms. The lowest BCUT2D eigenvalue weighted by Crippen LogP contribution is -2.37. The van der Waals surface area contributed by atoms with E-state index in [1.165, 1.54) is 16.8 Å². The Balaban J connectivity index is 1.78. The Hall–Kier alpha value is -2.77. The van der Waals surface area contributed by atoms with Gasteiger partial charge >= 0.3 is 5.69 Å². The third kappa shape index (κ3) is 2.99. The molecule has 0 saturated heterocycles. The molecule has 1 aliphatic heterocycles. The van der Waals surface area contributed by atoms with Gasteiger partial charge in [-0.2, -0.15) is 0 Å². The van der Waals surface area contributed by atoms with Crippen molar-refractivity contribution in [1.82, 2.24) is 9.55 Å². The van der Waals surface area contributed by atoms with Crippen molar-refractivity contribution in [2.75, 3.05) is 0 Å². The second kappa shape index (κ2) is 6.38. The number of rotatable bonds is 4. The minimum Gasteiger partial charge on any atom is -0.382 e. The number of aromatic nitrogens is 2. The molecule has 0 aliphatic carbocycles. The van der Waals surface area contributed by atoms with Crippen LogP contribution in [0.4, 0.5) is 0 Å². The molecule has 0 amide bonds. The van der Waals surface area contributed by atoms with Crippen molar-refractivity contribution < 1.29 is 14.6 Å². The zero-order valence-electron chi connectivity index (χ0n) is 12.9. The number of aliphatic hydroxyl groups is 1. The summed E-state index contributed by atoms with van der Waals surface area (Å²) >= 11 is 0. The highest BCUT2D eigenvalue weighted by molar-refractivity contribution is 5.99. The first-order chi connectivity index (χ1) is 11.5. The topological polar surface area (TPSA) is 101 Å². The predicted molar refractivity (Wildman–Crippen MR) is 85.9 cm³/mol. The lowest BCUT2D eigenvalue weighted by molar-refractivity contribution is -0.0380. The Bertz CT molecular complexity index is 897. The summed E-state index contributed by atoms with van der Waals surface area (Å²) in [4.78, 5) is 37.7. The van der Waals surface area contributed by atoms with Crippen LogP contribution in [0.1, 0.15) is 22.1 Å². The highest BCUT2D eigenvalue weighted by atomic mass is 16.5. The second-order valence-corrected chi connectivity index (χ2v) is 5.53.